The van der Waals surface area contributed by atoms with Crippen LogP contribution in [0.2, 0.25) is 0 Å². The van der Waals surface area contributed by atoms with Crippen LogP contribution < -0.4 is 4.90 Å². The molecule has 0 aliphatic carbocycles. The van der Waals surface area contributed by atoms with E-state index >= 15 is 0 Å². The fourth-order valence-corrected chi connectivity index (χ4v) is 4.04. The summed E-state index contributed by atoms with van der Waals surface area (Å²) in [7, 11) is 0. The Morgan fingerprint density at radius 1 is 1.38 bits per heavy atom. The molecule has 1 aromatic heterocycles. The van der Waals surface area contributed by atoms with Crippen LogP contribution >= 0.6 is 11.8 Å². The fraction of sp³-hybridized carbons (Fsp3) is 0.316. The number of thioether (sulfide) groups is 1. The molecule has 1 amide bonds. The molecule has 0 saturated heterocycles. The van der Waals surface area contributed by atoms with Gasteiger partial charge in [0.15, 0.2) is 0 Å². The lowest BCUT2D eigenvalue weighted by molar-refractivity contribution is -0.118. The number of aromatic nitrogens is 1. The first-order chi connectivity index (χ1) is 11.6. The number of carbonyl (C=O) groups excluding carboxylic acids is 1. The predicted molar refractivity (Wildman–Crippen MR) is 96.3 cm³/mol. The molecule has 24 heavy (non-hydrogen) atoms. The number of aryl methyl sites for hydroxylation is 2. The number of pyridine rings is 1. The fourth-order valence-electron chi connectivity index (χ4n) is 3.01. The Bertz CT molecular complexity index is 826. The quantitative estimate of drug-likeness (QED) is 0.799. The Morgan fingerprint density at radius 3 is 2.96 bits per heavy atom. The van der Waals surface area contributed by atoms with Gasteiger partial charge in [-0.05, 0) is 43.5 Å². The zero-order valence-corrected chi connectivity index (χ0v) is 14.7. The number of benzene rings is 1. The van der Waals surface area contributed by atoms with Crippen molar-refractivity contribution in [3.8, 4) is 6.07 Å². The van der Waals surface area contributed by atoms with Gasteiger partial charge in [-0.25, -0.2) is 4.98 Å². The molecule has 5 heteroatoms. The van der Waals surface area contributed by atoms with E-state index in [0.717, 1.165) is 34.9 Å². The van der Waals surface area contributed by atoms with E-state index in [1.807, 2.05) is 43.0 Å². The highest BCUT2D eigenvalue weighted by Gasteiger charge is 2.23. The minimum Gasteiger partial charge on any atom is -0.312 e. The van der Waals surface area contributed by atoms with Crippen molar-refractivity contribution >= 4 is 23.4 Å². The van der Waals surface area contributed by atoms with E-state index in [1.165, 1.54) is 17.3 Å². The van der Waals surface area contributed by atoms with Gasteiger partial charge in [0.25, 0.3) is 0 Å². The van der Waals surface area contributed by atoms with Crippen LogP contribution in [0.25, 0.3) is 0 Å². The summed E-state index contributed by atoms with van der Waals surface area (Å²) in [6.45, 7) is 4.60. The second kappa shape index (κ2) is 7.06. The van der Waals surface area contributed by atoms with Crippen molar-refractivity contribution in [1.82, 2.24) is 4.98 Å². The predicted octanol–water partition coefficient (Wildman–Crippen LogP) is 3.64. The van der Waals surface area contributed by atoms with E-state index in [-0.39, 0.29) is 5.91 Å². The molecular weight excluding hydrogens is 318 g/mol. The molecule has 1 aliphatic rings. The lowest BCUT2D eigenvalue weighted by atomic mass is 10.1. The van der Waals surface area contributed by atoms with Crippen molar-refractivity contribution in [2.75, 3.05) is 17.2 Å². The molecule has 0 atom stereocenters. The third-order valence-electron chi connectivity index (χ3n) is 4.17. The Hall–Kier alpha value is -2.32. The highest BCUT2D eigenvalue weighted by atomic mass is 32.2. The molecule has 0 N–H and O–H groups in total. The Kier molecular flexibility index (Phi) is 4.86. The van der Waals surface area contributed by atoms with E-state index in [4.69, 9.17) is 0 Å². The summed E-state index contributed by atoms with van der Waals surface area (Å²) in [6, 6.07) is 12.2. The van der Waals surface area contributed by atoms with Crippen LogP contribution in [-0.4, -0.2) is 23.2 Å². The van der Waals surface area contributed by atoms with Gasteiger partial charge in [-0.15, -0.1) is 11.8 Å². The molecule has 0 saturated carbocycles. The number of nitriles is 1. The van der Waals surface area contributed by atoms with Crippen molar-refractivity contribution < 1.29 is 4.79 Å². The van der Waals surface area contributed by atoms with Crippen molar-refractivity contribution in [3.05, 3.63) is 52.7 Å². The number of para-hydroxylation sites is 1. The number of nitrogens with zero attached hydrogens (tertiary/aromatic N) is 3. The first kappa shape index (κ1) is 16.5. The lowest BCUT2D eigenvalue weighted by Gasteiger charge is -2.17. The molecule has 3 rings (SSSR count). The van der Waals surface area contributed by atoms with Crippen LogP contribution in [0, 0.1) is 25.2 Å². The smallest absolute Gasteiger partial charge is 0.227 e. The summed E-state index contributed by atoms with van der Waals surface area (Å²) in [4.78, 5) is 18.8. The molecule has 2 aromatic rings. The van der Waals surface area contributed by atoms with Gasteiger partial charge in [0.2, 0.25) is 5.91 Å². The largest absolute Gasteiger partial charge is 0.312 e. The molecule has 1 aromatic carbocycles. The third kappa shape index (κ3) is 3.29. The van der Waals surface area contributed by atoms with Gasteiger partial charge in [0.05, 0.1) is 5.56 Å². The minimum atomic E-state index is 0.135. The van der Waals surface area contributed by atoms with Gasteiger partial charge in [0, 0.05) is 30.1 Å². The van der Waals surface area contributed by atoms with Gasteiger partial charge in [-0.3, -0.25) is 4.79 Å². The van der Waals surface area contributed by atoms with E-state index in [0.29, 0.717) is 17.7 Å². The number of fused-ring (bicyclic) bond motifs is 1. The normalized spacial score (nSPS) is 12.8. The molecule has 2 heterocycles. The summed E-state index contributed by atoms with van der Waals surface area (Å²) in [5, 5.41) is 10.0. The second-order valence-electron chi connectivity index (χ2n) is 5.90. The summed E-state index contributed by atoms with van der Waals surface area (Å²) < 4.78 is 0. The molecule has 0 bridgehead atoms. The molecule has 0 unspecified atom stereocenters. The van der Waals surface area contributed by atoms with Crippen molar-refractivity contribution in [3.63, 3.8) is 0 Å². The molecule has 0 radical (unpaired) electrons. The standard InChI is InChI=1S/C19H19N3OS/c1-13-11-14(2)21-19(16(13)12-20)24-10-8-18(23)22-9-7-15-5-3-4-6-17(15)22/h3-6,11H,7-10H2,1-2H3. The minimum absolute atomic E-state index is 0.135. The van der Waals surface area contributed by atoms with Crippen LogP contribution in [0.1, 0.15) is 28.8 Å². The van der Waals surface area contributed by atoms with Crippen LogP contribution in [0.15, 0.2) is 35.4 Å². The third-order valence-corrected chi connectivity index (χ3v) is 5.14. The van der Waals surface area contributed by atoms with Crippen molar-refractivity contribution in [2.24, 2.45) is 0 Å². The van der Waals surface area contributed by atoms with Gasteiger partial charge in [-0.2, -0.15) is 5.26 Å². The summed E-state index contributed by atoms with van der Waals surface area (Å²) >= 11 is 1.49. The van der Waals surface area contributed by atoms with Crippen molar-refractivity contribution in [2.45, 2.75) is 31.7 Å². The van der Waals surface area contributed by atoms with Crippen molar-refractivity contribution in [1.29, 1.82) is 5.26 Å². The number of hydrogen-bond acceptors (Lipinski definition) is 4. The Balaban J connectivity index is 1.64. The second-order valence-corrected chi connectivity index (χ2v) is 6.98. The summed E-state index contributed by atoms with van der Waals surface area (Å²) in [5.41, 5.74) is 4.72. The van der Waals surface area contributed by atoms with Gasteiger partial charge < -0.3 is 4.90 Å². The van der Waals surface area contributed by atoms with E-state index in [2.05, 4.69) is 17.1 Å². The maximum atomic E-state index is 12.5. The highest BCUT2D eigenvalue weighted by Crippen LogP contribution is 2.29. The molecule has 0 spiro atoms. The van der Waals surface area contributed by atoms with Gasteiger partial charge in [-0.1, -0.05) is 18.2 Å². The monoisotopic (exact) mass is 337 g/mol. The van der Waals surface area contributed by atoms with Gasteiger partial charge >= 0.3 is 0 Å². The first-order valence-electron chi connectivity index (χ1n) is 7.99. The van der Waals surface area contributed by atoms with Crippen LogP contribution in [0.4, 0.5) is 5.69 Å². The van der Waals surface area contributed by atoms with Gasteiger partial charge in [0.1, 0.15) is 11.1 Å². The first-order valence-corrected chi connectivity index (χ1v) is 8.98. The lowest BCUT2D eigenvalue weighted by Crippen LogP contribution is -2.29. The van der Waals surface area contributed by atoms with E-state index in [9.17, 15) is 10.1 Å². The number of rotatable bonds is 4. The molecule has 0 fully saturated rings. The molecule has 4 nitrogen and oxygen atoms in total. The summed E-state index contributed by atoms with van der Waals surface area (Å²) in [5.74, 6) is 0.762. The Labute approximate surface area is 146 Å². The average Bonchev–Trinajstić information content (AvgIpc) is 2.98. The molecular formula is C19H19N3OS. The SMILES string of the molecule is Cc1cc(C)c(C#N)c(SCCC(=O)N2CCc3ccccc32)n1. The number of anilines is 1. The maximum absolute atomic E-state index is 12.5. The number of amides is 1. The molecule has 122 valence electrons. The van der Waals surface area contributed by atoms with Crippen LogP contribution in [0.5, 0.6) is 0 Å². The summed E-state index contributed by atoms with van der Waals surface area (Å²) in [6.07, 6.45) is 1.37. The van der Waals surface area contributed by atoms with Crippen LogP contribution in [-0.2, 0) is 11.2 Å². The van der Waals surface area contributed by atoms with Crippen LogP contribution in [0.3, 0.4) is 0 Å². The highest BCUT2D eigenvalue weighted by molar-refractivity contribution is 7.99. The topological polar surface area (TPSA) is 57.0 Å². The Morgan fingerprint density at radius 2 is 2.17 bits per heavy atom. The zero-order valence-electron chi connectivity index (χ0n) is 13.9. The number of carbonyl (C=O) groups is 1. The average molecular weight is 337 g/mol. The number of hydrogen-bond donors (Lipinski definition) is 0. The zero-order chi connectivity index (χ0) is 17.1. The van der Waals surface area contributed by atoms with E-state index in [1.54, 1.807) is 0 Å². The van der Waals surface area contributed by atoms with E-state index < -0.39 is 0 Å². The maximum Gasteiger partial charge on any atom is 0.227 e. The molecule has 1 aliphatic heterocycles.